The monoisotopic (exact) mass is 353 g/mol. The first-order valence-electron chi connectivity index (χ1n) is 8.44. The fourth-order valence-electron chi connectivity index (χ4n) is 3.62. The molecule has 1 aliphatic heterocycles. The van der Waals surface area contributed by atoms with Gasteiger partial charge in [0.25, 0.3) is 0 Å². The van der Waals surface area contributed by atoms with Crippen LogP contribution in [0.5, 0.6) is 0 Å². The van der Waals surface area contributed by atoms with Crippen LogP contribution in [-0.2, 0) is 20.9 Å². The first-order chi connectivity index (χ1) is 11.9. The summed E-state index contributed by atoms with van der Waals surface area (Å²) < 4.78 is 32.7. The number of benzene rings is 1. The first kappa shape index (κ1) is 17.8. The van der Waals surface area contributed by atoms with E-state index in [-0.39, 0.29) is 42.3 Å². The maximum atomic E-state index is 13.9. The number of aliphatic carboxylic acids is 1. The van der Waals surface area contributed by atoms with Crippen LogP contribution in [0.2, 0.25) is 0 Å². The van der Waals surface area contributed by atoms with Gasteiger partial charge >= 0.3 is 5.97 Å². The Labute approximate surface area is 144 Å². The molecule has 0 radical (unpaired) electrons. The minimum atomic E-state index is -1.03. The Balaban J connectivity index is 1.74. The van der Waals surface area contributed by atoms with Crippen LogP contribution >= 0.6 is 0 Å². The summed E-state index contributed by atoms with van der Waals surface area (Å²) in [5.74, 6) is -3.36. The fraction of sp³-hybridized carbons (Fsp3) is 0.556. The van der Waals surface area contributed by atoms with Crippen molar-refractivity contribution < 1.29 is 28.2 Å². The molecule has 1 N–H and O–H groups in total. The molecule has 136 valence electrons. The van der Waals surface area contributed by atoms with Crippen LogP contribution in [0.4, 0.5) is 8.78 Å². The minimum absolute atomic E-state index is 0.0206. The molecule has 0 aromatic heterocycles. The Hall–Kier alpha value is -2.02. The highest BCUT2D eigenvalue weighted by molar-refractivity contribution is 5.83. The molecule has 1 saturated heterocycles. The Kier molecular flexibility index (Phi) is 5.03. The molecule has 1 atom stereocenters. The molecular weight excluding hydrogens is 332 g/mol. The van der Waals surface area contributed by atoms with Gasteiger partial charge in [0.05, 0.1) is 6.42 Å². The normalized spacial score (nSPS) is 21.1. The molecule has 1 aliphatic carbocycles. The molecule has 7 heteroatoms. The third-order valence-corrected chi connectivity index (χ3v) is 5.28. The van der Waals surface area contributed by atoms with Crippen molar-refractivity contribution in [3.8, 4) is 0 Å². The Bertz CT molecular complexity index is 673. The van der Waals surface area contributed by atoms with E-state index < -0.39 is 17.6 Å². The third kappa shape index (κ3) is 3.81. The highest BCUT2D eigenvalue weighted by Gasteiger charge is 2.58. The van der Waals surface area contributed by atoms with E-state index in [9.17, 15) is 18.4 Å². The predicted octanol–water partition coefficient (Wildman–Crippen LogP) is 2.58. The van der Waals surface area contributed by atoms with Gasteiger partial charge < -0.3 is 14.7 Å². The second-order valence-electron chi connectivity index (χ2n) is 6.85. The zero-order valence-corrected chi connectivity index (χ0v) is 13.8. The number of rotatable bonds is 6. The Morgan fingerprint density at radius 3 is 2.68 bits per heavy atom. The molecule has 0 bridgehead atoms. The lowest BCUT2D eigenvalue weighted by Crippen LogP contribution is -2.36. The molecule has 1 saturated carbocycles. The van der Waals surface area contributed by atoms with Gasteiger partial charge in [-0.05, 0) is 30.7 Å². The molecule has 3 rings (SSSR count). The SMILES string of the molecule is O=C(O)CCN(Cc1cccc(F)c1F)C(=O)[C@@H]1CC12CCOCC2. The Morgan fingerprint density at radius 2 is 2.00 bits per heavy atom. The lowest BCUT2D eigenvalue weighted by Gasteiger charge is -2.26. The molecule has 1 aromatic rings. The number of amides is 1. The molecular formula is C18H21F2NO4. The minimum Gasteiger partial charge on any atom is -0.481 e. The average molecular weight is 353 g/mol. The summed E-state index contributed by atoms with van der Waals surface area (Å²) in [4.78, 5) is 25.1. The number of hydrogen-bond donors (Lipinski definition) is 1. The lowest BCUT2D eigenvalue weighted by molar-refractivity contribution is -0.139. The van der Waals surface area contributed by atoms with Gasteiger partial charge in [0.15, 0.2) is 11.6 Å². The zero-order valence-electron chi connectivity index (χ0n) is 13.8. The van der Waals surface area contributed by atoms with E-state index in [0.29, 0.717) is 13.2 Å². The maximum Gasteiger partial charge on any atom is 0.305 e. The van der Waals surface area contributed by atoms with Gasteiger partial charge in [-0.25, -0.2) is 8.78 Å². The first-order valence-corrected chi connectivity index (χ1v) is 8.44. The number of hydrogen-bond acceptors (Lipinski definition) is 3. The van der Waals surface area contributed by atoms with Crippen molar-refractivity contribution >= 4 is 11.9 Å². The van der Waals surface area contributed by atoms with Crippen LogP contribution in [-0.4, -0.2) is 41.6 Å². The third-order valence-electron chi connectivity index (χ3n) is 5.28. The summed E-state index contributed by atoms with van der Waals surface area (Å²) in [6.07, 6.45) is 2.14. The van der Waals surface area contributed by atoms with Crippen molar-refractivity contribution in [2.24, 2.45) is 11.3 Å². The molecule has 5 nitrogen and oxygen atoms in total. The fourth-order valence-corrected chi connectivity index (χ4v) is 3.62. The number of carbonyl (C=O) groups is 2. The standard InChI is InChI=1S/C18H21F2NO4/c19-14-3-1-2-12(16(14)20)11-21(7-4-15(22)23)17(24)13-10-18(13)5-8-25-9-6-18/h1-3,13H,4-11H2,(H,22,23)/t13-/m0/s1. The topological polar surface area (TPSA) is 66.8 Å². The molecule has 0 unspecified atom stereocenters. The number of carboxylic acid groups (broad SMARTS) is 1. The molecule has 2 fully saturated rings. The molecule has 1 aromatic carbocycles. The van der Waals surface area contributed by atoms with E-state index >= 15 is 0 Å². The average Bonchev–Trinajstić information content (AvgIpc) is 3.28. The van der Waals surface area contributed by atoms with Gasteiger partial charge in [-0.1, -0.05) is 12.1 Å². The van der Waals surface area contributed by atoms with E-state index in [2.05, 4.69) is 0 Å². The second-order valence-corrected chi connectivity index (χ2v) is 6.85. The second kappa shape index (κ2) is 7.07. The van der Waals surface area contributed by atoms with Crippen molar-refractivity contribution in [1.29, 1.82) is 0 Å². The Morgan fingerprint density at radius 1 is 1.28 bits per heavy atom. The summed E-state index contributed by atoms with van der Waals surface area (Å²) in [5.41, 5.74) is -0.00230. The van der Waals surface area contributed by atoms with Gasteiger partial charge in [-0.3, -0.25) is 9.59 Å². The smallest absolute Gasteiger partial charge is 0.305 e. The van der Waals surface area contributed by atoms with Gasteiger partial charge in [-0.15, -0.1) is 0 Å². The summed E-state index contributed by atoms with van der Waals surface area (Å²) >= 11 is 0. The van der Waals surface area contributed by atoms with Gasteiger partial charge in [0.1, 0.15) is 0 Å². The molecule has 1 heterocycles. The van der Waals surface area contributed by atoms with E-state index in [1.165, 1.54) is 17.0 Å². The number of halogens is 2. The summed E-state index contributed by atoms with van der Waals surface area (Å²) in [6.45, 7) is 1.10. The highest BCUT2D eigenvalue weighted by Crippen LogP contribution is 2.59. The number of carbonyl (C=O) groups excluding carboxylic acids is 1. The lowest BCUT2D eigenvalue weighted by atomic mass is 9.93. The molecule has 25 heavy (non-hydrogen) atoms. The summed E-state index contributed by atoms with van der Waals surface area (Å²) in [7, 11) is 0. The van der Waals surface area contributed by atoms with Crippen molar-refractivity contribution in [2.45, 2.75) is 32.2 Å². The van der Waals surface area contributed by atoms with Crippen molar-refractivity contribution in [3.63, 3.8) is 0 Å². The van der Waals surface area contributed by atoms with Crippen molar-refractivity contribution in [2.75, 3.05) is 19.8 Å². The summed E-state index contributed by atoms with van der Waals surface area (Å²) in [6, 6.07) is 3.81. The molecule has 1 spiro atoms. The van der Waals surface area contributed by atoms with Crippen LogP contribution in [0.15, 0.2) is 18.2 Å². The van der Waals surface area contributed by atoms with Crippen molar-refractivity contribution in [1.82, 2.24) is 4.90 Å². The van der Waals surface area contributed by atoms with E-state index in [1.807, 2.05) is 0 Å². The predicted molar refractivity (Wildman–Crippen MR) is 84.6 cm³/mol. The van der Waals surface area contributed by atoms with Crippen LogP contribution < -0.4 is 0 Å². The highest BCUT2D eigenvalue weighted by atomic mass is 19.2. The maximum absolute atomic E-state index is 13.9. The largest absolute Gasteiger partial charge is 0.481 e. The van der Waals surface area contributed by atoms with Crippen LogP contribution in [0.25, 0.3) is 0 Å². The number of nitrogens with zero attached hydrogens (tertiary/aromatic N) is 1. The molecule has 1 amide bonds. The molecule has 2 aliphatic rings. The van der Waals surface area contributed by atoms with Gasteiger partial charge in [0, 0.05) is 37.8 Å². The van der Waals surface area contributed by atoms with E-state index in [1.54, 1.807) is 0 Å². The van der Waals surface area contributed by atoms with Crippen LogP contribution in [0.1, 0.15) is 31.2 Å². The van der Waals surface area contributed by atoms with Crippen LogP contribution in [0, 0.1) is 23.0 Å². The van der Waals surface area contributed by atoms with Crippen LogP contribution in [0.3, 0.4) is 0 Å². The van der Waals surface area contributed by atoms with E-state index in [0.717, 1.165) is 25.3 Å². The van der Waals surface area contributed by atoms with Crippen molar-refractivity contribution in [3.05, 3.63) is 35.4 Å². The number of carboxylic acids is 1. The summed E-state index contributed by atoms with van der Waals surface area (Å²) in [5, 5.41) is 8.92. The van der Waals surface area contributed by atoms with E-state index in [4.69, 9.17) is 9.84 Å². The zero-order chi connectivity index (χ0) is 18.0. The quantitative estimate of drug-likeness (QED) is 0.854. The van der Waals surface area contributed by atoms with Gasteiger partial charge in [-0.2, -0.15) is 0 Å². The van der Waals surface area contributed by atoms with Gasteiger partial charge in [0.2, 0.25) is 5.91 Å². The number of ether oxygens (including phenoxy) is 1.